The van der Waals surface area contributed by atoms with Gasteiger partial charge in [0.25, 0.3) is 0 Å². The monoisotopic (exact) mass is 492 g/mol. The molecule has 0 aliphatic carbocycles. The molecule has 0 saturated carbocycles. The Morgan fingerprint density at radius 2 is 1.72 bits per heavy atom. The van der Waals surface area contributed by atoms with Crippen molar-refractivity contribution in [2.24, 2.45) is 7.05 Å². The Labute approximate surface area is 196 Å². The van der Waals surface area contributed by atoms with E-state index in [9.17, 15) is 17.6 Å². The number of thiazole rings is 1. The molecule has 3 aromatic carbocycles. The summed E-state index contributed by atoms with van der Waals surface area (Å²) in [5.74, 6) is -0.555. The third-order valence-electron chi connectivity index (χ3n) is 5.29. The fraction of sp³-hybridized carbons (Fsp3) is 0.174. The SMILES string of the molecule is Cl.Cn1c(=O)sc2cc(S(=O)(=O)NCC(Cc3ccccc3F)c3ccccc3)ccc21. The normalized spacial score (nSPS) is 12.4. The first kappa shape index (κ1) is 24.1. The van der Waals surface area contributed by atoms with Gasteiger partial charge >= 0.3 is 4.87 Å². The molecule has 0 amide bonds. The molecule has 5 nitrogen and oxygen atoms in total. The quantitative estimate of drug-likeness (QED) is 0.414. The number of rotatable bonds is 7. The molecule has 1 heterocycles. The van der Waals surface area contributed by atoms with Crippen LogP contribution in [0.1, 0.15) is 17.0 Å². The molecule has 0 fully saturated rings. The van der Waals surface area contributed by atoms with Gasteiger partial charge in [-0.3, -0.25) is 4.79 Å². The zero-order valence-corrected chi connectivity index (χ0v) is 19.6. The van der Waals surface area contributed by atoms with E-state index in [0.29, 0.717) is 22.2 Å². The van der Waals surface area contributed by atoms with E-state index in [1.807, 2.05) is 30.3 Å². The number of fused-ring (bicyclic) bond motifs is 1. The molecule has 0 bridgehead atoms. The predicted octanol–water partition coefficient (Wildman–Crippen LogP) is 4.47. The minimum atomic E-state index is -3.81. The van der Waals surface area contributed by atoms with Crippen LogP contribution < -0.4 is 9.60 Å². The summed E-state index contributed by atoms with van der Waals surface area (Å²) in [5, 5.41) is 0. The van der Waals surface area contributed by atoms with Crippen molar-refractivity contribution < 1.29 is 12.8 Å². The molecule has 1 atom stereocenters. The van der Waals surface area contributed by atoms with E-state index in [-0.39, 0.29) is 40.5 Å². The van der Waals surface area contributed by atoms with E-state index in [4.69, 9.17) is 0 Å². The van der Waals surface area contributed by atoms with Crippen molar-refractivity contribution in [2.45, 2.75) is 17.2 Å². The van der Waals surface area contributed by atoms with Gasteiger partial charge in [0.1, 0.15) is 5.82 Å². The van der Waals surface area contributed by atoms with Gasteiger partial charge in [-0.25, -0.2) is 17.5 Å². The van der Waals surface area contributed by atoms with Gasteiger partial charge in [0.2, 0.25) is 10.0 Å². The molecular formula is C23H22ClFN2O3S2. The van der Waals surface area contributed by atoms with Gasteiger partial charge in [0.15, 0.2) is 0 Å². The summed E-state index contributed by atoms with van der Waals surface area (Å²) < 4.78 is 44.9. The van der Waals surface area contributed by atoms with Crippen molar-refractivity contribution in [1.29, 1.82) is 0 Å². The highest BCUT2D eigenvalue weighted by atomic mass is 35.5. The van der Waals surface area contributed by atoms with E-state index in [1.54, 1.807) is 31.3 Å². The van der Waals surface area contributed by atoms with Crippen LogP contribution in [-0.2, 0) is 23.5 Å². The molecule has 9 heteroatoms. The highest BCUT2D eigenvalue weighted by Crippen LogP contribution is 2.24. The zero-order valence-electron chi connectivity index (χ0n) is 17.2. The summed E-state index contributed by atoms with van der Waals surface area (Å²) in [7, 11) is -2.16. The Morgan fingerprint density at radius 1 is 1.03 bits per heavy atom. The lowest BCUT2D eigenvalue weighted by Crippen LogP contribution is -2.29. The molecule has 1 unspecified atom stereocenters. The third-order valence-corrected chi connectivity index (χ3v) is 7.71. The number of hydrogen-bond acceptors (Lipinski definition) is 4. The van der Waals surface area contributed by atoms with Crippen molar-refractivity contribution in [3.63, 3.8) is 0 Å². The van der Waals surface area contributed by atoms with E-state index >= 15 is 0 Å². The Balaban J connectivity index is 0.00000289. The van der Waals surface area contributed by atoms with Crippen molar-refractivity contribution in [3.8, 4) is 0 Å². The van der Waals surface area contributed by atoms with Crippen LogP contribution in [-0.4, -0.2) is 19.5 Å². The van der Waals surface area contributed by atoms with Gasteiger partial charge in [-0.15, -0.1) is 12.4 Å². The van der Waals surface area contributed by atoms with Crippen LogP contribution >= 0.6 is 23.7 Å². The Morgan fingerprint density at radius 3 is 2.44 bits per heavy atom. The van der Waals surface area contributed by atoms with E-state index in [2.05, 4.69) is 4.72 Å². The molecule has 0 radical (unpaired) electrons. The second-order valence-electron chi connectivity index (χ2n) is 7.31. The van der Waals surface area contributed by atoms with Gasteiger partial charge in [-0.2, -0.15) is 0 Å². The number of halogens is 2. The smallest absolute Gasteiger partial charge is 0.302 e. The molecule has 4 rings (SSSR count). The van der Waals surface area contributed by atoms with Crippen molar-refractivity contribution >= 4 is 44.0 Å². The highest BCUT2D eigenvalue weighted by molar-refractivity contribution is 7.89. The summed E-state index contributed by atoms with van der Waals surface area (Å²) >= 11 is 1.01. The number of hydrogen-bond donors (Lipinski definition) is 1. The highest BCUT2D eigenvalue weighted by Gasteiger charge is 2.20. The molecule has 0 saturated heterocycles. The number of benzene rings is 3. The molecule has 0 spiro atoms. The first-order valence-corrected chi connectivity index (χ1v) is 12.0. The van der Waals surface area contributed by atoms with Gasteiger partial charge in [0.05, 0.1) is 15.1 Å². The lowest BCUT2D eigenvalue weighted by molar-refractivity contribution is 0.560. The number of sulfonamides is 1. The molecule has 4 aromatic rings. The maximum absolute atomic E-state index is 14.2. The maximum atomic E-state index is 14.2. The van der Waals surface area contributed by atoms with Crippen LogP contribution in [0, 0.1) is 5.82 Å². The molecule has 168 valence electrons. The van der Waals surface area contributed by atoms with Crippen LogP contribution in [0.4, 0.5) is 4.39 Å². The molecular weight excluding hydrogens is 471 g/mol. The average molecular weight is 493 g/mol. The zero-order chi connectivity index (χ0) is 22.0. The van der Waals surface area contributed by atoms with Gasteiger partial charge in [-0.1, -0.05) is 59.9 Å². The van der Waals surface area contributed by atoms with E-state index < -0.39 is 10.0 Å². The molecule has 0 aliphatic rings. The molecule has 32 heavy (non-hydrogen) atoms. The topological polar surface area (TPSA) is 68.2 Å². The second kappa shape index (κ2) is 9.95. The van der Waals surface area contributed by atoms with Gasteiger partial charge in [-0.05, 0) is 41.8 Å². The Bertz CT molecular complexity index is 1390. The molecule has 1 N–H and O–H groups in total. The summed E-state index contributed by atoms with van der Waals surface area (Å²) in [6.07, 6.45) is 0.360. The predicted molar refractivity (Wildman–Crippen MR) is 129 cm³/mol. The first-order valence-electron chi connectivity index (χ1n) is 9.73. The van der Waals surface area contributed by atoms with E-state index in [0.717, 1.165) is 16.9 Å². The van der Waals surface area contributed by atoms with Crippen molar-refractivity contribution in [2.75, 3.05) is 6.54 Å². The Hall–Kier alpha value is -2.52. The second-order valence-corrected chi connectivity index (χ2v) is 10.1. The standard InChI is InChI=1S/C23H21FN2O3S2.ClH/c1-26-21-12-11-19(14-22(21)30-23(26)27)31(28,29)25-15-18(16-7-3-2-4-8-16)13-17-9-5-6-10-20(17)24;/h2-12,14,18,25H,13,15H2,1H3;1H. The maximum Gasteiger partial charge on any atom is 0.307 e. The lowest BCUT2D eigenvalue weighted by Gasteiger charge is -2.19. The molecule has 1 aromatic heterocycles. The van der Waals surface area contributed by atoms with Crippen LogP contribution in [0.25, 0.3) is 10.2 Å². The summed E-state index contributed by atoms with van der Waals surface area (Å²) in [5.41, 5.74) is 2.15. The van der Waals surface area contributed by atoms with Crippen LogP contribution in [0.3, 0.4) is 0 Å². The molecule has 0 aliphatic heterocycles. The summed E-state index contributed by atoms with van der Waals surface area (Å²) in [4.78, 5) is 11.8. The van der Waals surface area contributed by atoms with Crippen LogP contribution in [0.2, 0.25) is 0 Å². The largest absolute Gasteiger partial charge is 0.307 e. The fourth-order valence-electron chi connectivity index (χ4n) is 3.54. The number of nitrogens with zero attached hydrogens (tertiary/aromatic N) is 1. The van der Waals surface area contributed by atoms with Crippen molar-refractivity contribution in [1.82, 2.24) is 9.29 Å². The van der Waals surface area contributed by atoms with Gasteiger partial charge in [0, 0.05) is 19.5 Å². The number of nitrogens with one attached hydrogen (secondary N) is 1. The Kier molecular flexibility index (Phi) is 7.51. The van der Waals surface area contributed by atoms with Crippen LogP contribution in [0.5, 0.6) is 0 Å². The lowest BCUT2D eigenvalue weighted by atomic mass is 9.92. The van der Waals surface area contributed by atoms with Crippen LogP contribution in [0.15, 0.2) is 82.5 Å². The summed E-state index contributed by atoms with van der Waals surface area (Å²) in [6, 6.07) is 20.6. The van der Waals surface area contributed by atoms with Gasteiger partial charge < -0.3 is 4.57 Å². The minimum absolute atomic E-state index is 0. The van der Waals surface area contributed by atoms with E-state index in [1.165, 1.54) is 22.8 Å². The average Bonchev–Trinajstić information content (AvgIpc) is 3.06. The fourth-order valence-corrected chi connectivity index (χ4v) is 5.64. The first-order chi connectivity index (χ1) is 14.8. The third kappa shape index (κ3) is 5.10. The minimum Gasteiger partial charge on any atom is -0.302 e. The number of aromatic nitrogens is 1. The number of aryl methyl sites for hydroxylation is 1. The summed E-state index contributed by atoms with van der Waals surface area (Å²) in [6.45, 7) is 0.115. The van der Waals surface area contributed by atoms with Crippen molar-refractivity contribution in [3.05, 3.63) is 99.4 Å².